The summed E-state index contributed by atoms with van der Waals surface area (Å²) in [5, 5.41) is 11.9. The number of halogens is 1. The van der Waals surface area contributed by atoms with Gasteiger partial charge in [-0.3, -0.25) is 4.79 Å². The average Bonchev–Trinajstić information content (AvgIpc) is 2.50. The maximum Gasteiger partial charge on any atom is 0.329 e. The number of benzene rings is 1. The second kappa shape index (κ2) is 6.74. The van der Waals surface area contributed by atoms with Crippen LogP contribution in [0.4, 0.5) is 4.39 Å². The fourth-order valence-electron chi connectivity index (χ4n) is 2.23. The molecule has 120 valence electrons. The van der Waals surface area contributed by atoms with E-state index in [9.17, 15) is 19.1 Å². The Bertz CT molecular complexity index is 557. The van der Waals surface area contributed by atoms with Gasteiger partial charge in [0, 0.05) is 26.1 Å². The van der Waals surface area contributed by atoms with E-state index in [0.29, 0.717) is 0 Å². The minimum absolute atomic E-state index is 0.0542. The van der Waals surface area contributed by atoms with Gasteiger partial charge in [-0.25, -0.2) is 9.18 Å². The molecule has 1 aliphatic rings. The largest absolute Gasteiger partial charge is 0.480 e. The Morgan fingerprint density at radius 2 is 2.00 bits per heavy atom. The van der Waals surface area contributed by atoms with E-state index in [1.54, 1.807) is 6.07 Å². The standard InChI is InChI=1S/C15H18FNO5/c1-10(22-12-5-3-2-4-11(12)16)13(18)17-15(14(19)20)6-8-21-9-7-15/h2-5,10H,6-9H2,1H3,(H,17,18)(H,19,20). The first-order valence-electron chi connectivity index (χ1n) is 6.99. The number of para-hydroxylation sites is 1. The summed E-state index contributed by atoms with van der Waals surface area (Å²) in [4.78, 5) is 23.6. The van der Waals surface area contributed by atoms with Crippen LogP contribution in [-0.2, 0) is 14.3 Å². The zero-order chi connectivity index (χ0) is 16.2. The zero-order valence-corrected chi connectivity index (χ0v) is 12.2. The predicted molar refractivity (Wildman–Crippen MR) is 75.1 cm³/mol. The molecule has 1 amide bonds. The highest BCUT2D eigenvalue weighted by atomic mass is 19.1. The van der Waals surface area contributed by atoms with Crippen molar-refractivity contribution in [1.82, 2.24) is 5.32 Å². The SMILES string of the molecule is CC(Oc1ccccc1F)C(=O)NC1(C(=O)O)CCOCC1. The molecule has 1 aliphatic heterocycles. The molecule has 0 radical (unpaired) electrons. The number of amides is 1. The third kappa shape index (κ3) is 3.54. The molecular formula is C15H18FNO5. The number of carboxylic acids is 1. The monoisotopic (exact) mass is 311 g/mol. The number of nitrogens with one attached hydrogen (secondary N) is 1. The summed E-state index contributed by atoms with van der Waals surface area (Å²) in [5.74, 6) is -2.35. The van der Waals surface area contributed by atoms with E-state index in [2.05, 4.69) is 5.32 Å². The molecule has 1 aromatic rings. The Kier molecular flexibility index (Phi) is 4.97. The lowest BCUT2D eigenvalue weighted by Crippen LogP contribution is -2.59. The fourth-order valence-corrected chi connectivity index (χ4v) is 2.23. The summed E-state index contributed by atoms with van der Waals surface area (Å²) >= 11 is 0. The lowest BCUT2D eigenvalue weighted by molar-refractivity contribution is -0.153. The third-order valence-electron chi connectivity index (χ3n) is 3.63. The summed E-state index contributed by atoms with van der Waals surface area (Å²) in [6.45, 7) is 1.96. The maximum atomic E-state index is 13.5. The molecule has 0 aromatic heterocycles. The summed E-state index contributed by atoms with van der Waals surface area (Å²) in [6, 6.07) is 5.71. The number of hydrogen-bond acceptors (Lipinski definition) is 4. The molecule has 0 spiro atoms. The molecule has 22 heavy (non-hydrogen) atoms. The first-order chi connectivity index (χ1) is 10.4. The summed E-state index contributed by atoms with van der Waals surface area (Å²) in [6.07, 6.45) is -0.656. The zero-order valence-electron chi connectivity index (χ0n) is 12.2. The van der Waals surface area contributed by atoms with E-state index in [-0.39, 0.29) is 31.8 Å². The van der Waals surface area contributed by atoms with Crippen LogP contribution in [0.5, 0.6) is 5.75 Å². The van der Waals surface area contributed by atoms with Gasteiger partial charge in [0.15, 0.2) is 17.7 Å². The summed E-state index contributed by atoms with van der Waals surface area (Å²) in [7, 11) is 0. The number of ether oxygens (including phenoxy) is 2. The molecule has 0 saturated carbocycles. The highest BCUT2D eigenvalue weighted by Gasteiger charge is 2.42. The number of aliphatic carboxylic acids is 1. The van der Waals surface area contributed by atoms with Gasteiger partial charge in [0.05, 0.1) is 0 Å². The number of rotatable bonds is 5. The van der Waals surface area contributed by atoms with Gasteiger partial charge in [0.2, 0.25) is 0 Å². The predicted octanol–water partition coefficient (Wildman–Crippen LogP) is 1.34. The van der Waals surface area contributed by atoms with Crippen LogP contribution in [0.2, 0.25) is 0 Å². The van der Waals surface area contributed by atoms with Crippen molar-refractivity contribution in [3.05, 3.63) is 30.1 Å². The van der Waals surface area contributed by atoms with Crippen LogP contribution >= 0.6 is 0 Å². The van der Waals surface area contributed by atoms with Crippen LogP contribution in [-0.4, -0.2) is 41.8 Å². The van der Waals surface area contributed by atoms with Gasteiger partial charge in [0.25, 0.3) is 5.91 Å². The van der Waals surface area contributed by atoms with Gasteiger partial charge < -0.3 is 19.9 Å². The first kappa shape index (κ1) is 16.2. The molecule has 1 aromatic carbocycles. The van der Waals surface area contributed by atoms with Crippen molar-refractivity contribution in [1.29, 1.82) is 0 Å². The van der Waals surface area contributed by atoms with E-state index >= 15 is 0 Å². The Balaban J connectivity index is 2.04. The fraction of sp³-hybridized carbons (Fsp3) is 0.467. The topological polar surface area (TPSA) is 84.9 Å². The normalized spacial score (nSPS) is 18.3. The van der Waals surface area contributed by atoms with E-state index in [4.69, 9.17) is 9.47 Å². The highest BCUT2D eigenvalue weighted by molar-refractivity contribution is 5.89. The minimum Gasteiger partial charge on any atom is -0.480 e. The molecule has 1 saturated heterocycles. The summed E-state index contributed by atoms with van der Waals surface area (Å²) in [5.41, 5.74) is -1.36. The minimum atomic E-state index is -1.36. The van der Waals surface area contributed by atoms with Crippen molar-refractivity contribution in [2.75, 3.05) is 13.2 Å². The number of carbonyl (C=O) groups is 2. The van der Waals surface area contributed by atoms with Gasteiger partial charge in [-0.2, -0.15) is 0 Å². The molecule has 7 heteroatoms. The van der Waals surface area contributed by atoms with E-state index < -0.39 is 29.3 Å². The number of hydrogen-bond donors (Lipinski definition) is 2. The van der Waals surface area contributed by atoms with E-state index in [1.807, 2.05) is 0 Å². The Hall–Kier alpha value is -2.15. The van der Waals surface area contributed by atoms with Crippen molar-refractivity contribution < 1.29 is 28.6 Å². The first-order valence-corrected chi connectivity index (χ1v) is 6.99. The molecule has 6 nitrogen and oxygen atoms in total. The average molecular weight is 311 g/mol. The molecule has 1 heterocycles. The van der Waals surface area contributed by atoms with Crippen molar-refractivity contribution in [3.8, 4) is 5.75 Å². The molecule has 1 unspecified atom stereocenters. The van der Waals surface area contributed by atoms with Crippen molar-refractivity contribution >= 4 is 11.9 Å². The number of carboxylic acid groups (broad SMARTS) is 1. The van der Waals surface area contributed by atoms with Gasteiger partial charge in [-0.1, -0.05) is 12.1 Å². The molecule has 1 fully saturated rings. The van der Waals surface area contributed by atoms with Crippen LogP contribution in [0.3, 0.4) is 0 Å². The second-order valence-electron chi connectivity index (χ2n) is 5.18. The number of carbonyl (C=O) groups excluding carboxylic acids is 1. The lowest BCUT2D eigenvalue weighted by atomic mass is 9.90. The third-order valence-corrected chi connectivity index (χ3v) is 3.63. The highest BCUT2D eigenvalue weighted by Crippen LogP contribution is 2.22. The maximum absolute atomic E-state index is 13.5. The summed E-state index contributed by atoms with van der Waals surface area (Å²) < 4.78 is 23.9. The molecule has 2 N–H and O–H groups in total. The second-order valence-corrected chi connectivity index (χ2v) is 5.18. The quantitative estimate of drug-likeness (QED) is 0.857. The molecule has 1 atom stereocenters. The van der Waals surface area contributed by atoms with Crippen LogP contribution in [0.1, 0.15) is 19.8 Å². The van der Waals surface area contributed by atoms with Gasteiger partial charge in [-0.15, -0.1) is 0 Å². The molecule has 0 bridgehead atoms. The van der Waals surface area contributed by atoms with Crippen LogP contribution in [0.25, 0.3) is 0 Å². The van der Waals surface area contributed by atoms with Gasteiger partial charge in [0.1, 0.15) is 5.54 Å². The van der Waals surface area contributed by atoms with Gasteiger partial charge in [-0.05, 0) is 19.1 Å². The van der Waals surface area contributed by atoms with E-state index in [0.717, 1.165) is 0 Å². The molecular weight excluding hydrogens is 293 g/mol. The van der Waals surface area contributed by atoms with Crippen LogP contribution in [0.15, 0.2) is 24.3 Å². The molecule has 2 rings (SSSR count). The van der Waals surface area contributed by atoms with Crippen molar-refractivity contribution in [2.24, 2.45) is 0 Å². The van der Waals surface area contributed by atoms with Crippen molar-refractivity contribution in [2.45, 2.75) is 31.4 Å². The Morgan fingerprint density at radius 1 is 1.36 bits per heavy atom. The van der Waals surface area contributed by atoms with Crippen LogP contribution < -0.4 is 10.1 Å². The van der Waals surface area contributed by atoms with E-state index in [1.165, 1.54) is 25.1 Å². The Labute approximate surface area is 127 Å². The molecule has 0 aliphatic carbocycles. The lowest BCUT2D eigenvalue weighted by Gasteiger charge is -2.34. The van der Waals surface area contributed by atoms with Crippen molar-refractivity contribution in [3.63, 3.8) is 0 Å². The van der Waals surface area contributed by atoms with Crippen LogP contribution in [0, 0.1) is 5.82 Å². The Morgan fingerprint density at radius 3 is 2.59 bits per heavy atom. The van der Waals surface area contributed by atoms with Gasteiger partial charge >= 0.3 is 5.97 Å². The smallest absolute Gasteiger partial charge is 0.329 e.